The zero-order chi connectivity index (χ0) is 17.6. The van der Waals surface area contributed by atoms with E-state index >= 15 is 0 Å². The highest BCUT2D eigenvalue weighted by atomic mass is 19.1. The maximum absolute atomic E-state index is 14.2. The average molecular weight is 343 g/mol. The van der Waals surface area contributed by atoms with Gasteiger partial charge in [0.1, 0.15) is 17.3 Å². The van der Waals surface area contributed by atoms with Crippen LogP contribution in [0.25, 0.3) is 5.69 Å². The molecule has 6 nitrogen and oxygen atoms in total. The number of hydrogen-bond donors (Lipinski definition) is 0. The highest BCUT2D eigenvalue weighted by molar-refractivity contribution is 5.33. The Kier molecular flexibility index (Phi) is 5.55. The van der Waals surface area contributed by atoms with Crippen LogP contribution in [0.15, 0.2) is 36.5 Å². The first-order valence-electron chi connectivity index (χ1n) is 8.45. The van der Waals surface area contributed by atoms with Crippen molar-refractivity contribution in [1.82, 2.24) is 24.5 Å². The Balaban J connectivity index is 1.84. The summed E-state index contributed by atoms with van der Waals surface area (Å²) in [7, 11) is 0. The van der Waals surface area contributed by atoms with Crippen LogP contribution < -0.4 is 0 Å². The average Bonchev–Trinajstić information content (AvgIpc) is 3.20. The van der Waals surface area contributed by atoms with Crippen molar-refractivity contribution in [3.63, 3.8) is 0 Å². The highest BCUT2D eigenvalue weighted by Crippen LogP contribution is 2.15. The van der Waals surface area contributed by atoms with Gasteiger partial charge in [-0.1, -0.05) is 12.1 Å². The maximum Gasteiger partial charge on any atom is 0.153 e. The minimum absolute atomic E-state index is 0.319. The molecule has 0 unspecified atom stereocenters. The van der Waals surface area contributed by atoms with E-state index in [1.807, 2.05) is 30.8 Å². The van der Waals surface area contributed by atoms with E-state index in [4.69, 9.17) is 4.74 Å². The summed E-state index contributed by atoms with van der Waals surface area (Å²) in [5.74, 6) is 1.05. The van der Waals surface area contributed by atoms with Crippen LogP contribution >= 0.6 is 0 Å². The largest absolute Gasteiger partial charge is 0.381 e. The fraction of sp³-hybridized carbons (Fsp3) is 0.389. The molecule has 0 aliphatic carbocycles. The minimum Gasteiger partial charge on any atom is -0.381 e. The first kappa shape index (κ1) is 17.3. The molecule has 0 radical (unpaired) electrons. The van der Waals surface area contributed by atoms with Crippen LogP contribution in [0.1, 0.15) is 24.3 Å². The molecule has 3 aromatic rings. The molecule has 0 saturated carbocycles. The summed E-state index contributed by atoms with van der Waals surface area (Å²) in [6, 6.07) is 8.54. The van der Waals surface area contributed by atoms with E-state index in [2.05, 4.69) is 15.2 Å². The number of halogens is 1. The maximum atomic E-state index is 14.2. The summed E-state index contributed by atoms with van der Waals surface area (Å²) in [6.07, 6.45) is 3.13. The summed E-state index contributed by atoms with van der Waals surface area (Å²) in [6.45, 7) is 5.76. The van der Waals surface area contributed by atoms with Gasteiger partial charge in [-0.05, 0) is 32.0 Å². The first-order valence-corrected chi connectivity index (χ1v) is 8.45. The molecule has 2 aromatic heterocycles. The Morgan fingerprint density at radius 1 is 1.12 bits per heavy atom. The number of nitrogens with zero attached hydrogens (tertiary/aromatic N) is 5. The molecule has 0 N–H and O–H groups in total. The van der Waals surface area contributed by atoms with E-state index in [0.29, 0.717) is 49.9 Å². The molecule has 7 heteroatoms. The van der Waals surface area contributed by atoms with E-state index < -0.39 is 0 Å². The van der Waals surface area contributed by atoms with Gasteiger partial charge in [-0.25, -0.2) is 14.1 Å². The van der Waals surface area contributed by atoms with E-state index in [9.17, 15) is 4.39 Å². The summed E-state index contributed by atoms with van der Waals surface area (Å²) < 4.78 is 23.0. The second-order valence-corrected chi connectivity index (χ2v) is 5.72. The summed E-state index contributed by atoms with van der Waals surface area (Å²) >= 11 is 0. The molecule has 0 aliphatic rings. The van der Waals surface area contributed by atoms with Gasteiger partial charge in [0.05, 0.1) is 12.3 Å². The van der Waals surface area contributed by atoms with Gasteiger partial charge in [0.25, 0.3) is 0 Å². The number of para-hydroxylation sites is 1. The Bertz CT molecular complexity index is 826. The Hall–Kier alpha value is -2.54. The number of aromatic nitrogens is 5. The van der Waals surface area contributed by atoms with E-state index in [1.165, 1.54) is 6.07 Å². The second-order valence-electron chi connectivity index (χ2n) is 5.72. The standard InChI is InChI=1S/C18H22FN5O/c1-3-25-13-10-17-20-18(9-12-23-11-8-14(2)21-23)24(22-17)16-7-5-4-6-15(16)19/h4-8,11H,3,9-10,12-13H2,1-2H3. The van der Waals surface area contributed by atoms with Gasteiger partial charge in [-0.3, -0.25) is 4.68 Å². The quantitative estimate of drug-likeness (QED) is 0.590. The van der Waals surface area contributed by atoms with Gasteiger partial charge >= 0.3 is 0 Å². The predicted octanol–water partition coefficient (Wildman–Crippen LogP) is 2.73. The van der Waals surface area contributed by atoms with Gasteiger partial charge < -0.3 is 4.74 Å². The number of hydrogen-bond acceptors (Lipinski definition) is 4. The summed E-state index contributed by atoms with van der Waals surface area (Å²) in [5.41, 5.74) is 1.37. The van der Waals surface area contributed by atoms with Crippen LogP contribution in [0.4, 0.5) is 4.39 Å². The predicted molar refractivity (Wildman–Crippen MR) is 92.2 cm³/mol. The van der Waals surface area contributed by atoms with Gasteiger partial charge in [-0.15, -0.1) is 0 Å². The van der Waals surface area contributed by atoms with Crippen LogP contribution in [0.2, 0.25) is 0 Å². The van der Waals surface area contributed by atoms with Crippen molar-refractivity contribution in [2.75, 3.05) is 13.2 Å². The lowest BCUT2D eigenvalue weighted by Crippen LogP contribution is -2.09. The normalized spacial score (nSPS) is 11.2. The van der Waals surface area contributed by atoms with Crippen LogP contribution in [0.3, 0.4) is 0 Å². The second kappa shape index (κ2) is 8.02. The van der Waals surface area contributed by atoms with E-state index in [0.717, 1.165) is 5.69 Å². The lowest BCUT2D eigenvalue weighted by atomic mass is 10.3. The van der Waals surface area contributed by atoms with Crippen molar-refractivity contribution >= 4 is 0 Å². The van der Waals surface area contributed by atoms with Gasteiger partial charge in [0.15, 0.2) is 5.82 Å². The number of aryl methyl sites for hydroxylation is 3. The molecule has 2 heterocycles. The molecular formula is C18H22FN5O. The van der Waals surface area contributed by atoms with Crippen molar-refractivity contribution in [2.45, 2.75) is 33.2 Å². The Morgan fingerprint density at radius 2 is 1.96 bits per heavy atom. The molecule has 132 valence electrons. The summed E-state index contributed by atoms with van der Waals surface area (Å²) in [4.78, 5) is 4.59. The first-order chi connectivity index (χ1) is 12.2. The molecule has 0 aliphatic heterocycles. The van der Waals surface area contributed by atoms with Crippen LogP contribution in [-0.4, -0.2) is 37.8 Å². The highest BCUT2D eigenvalue weighted by Gasteiger charge is 2.14. The van der Waals surface area contributed by atoms with Crippen molar-refractivity contribution in [1.29, 1.82) is 0 Å². The topological polar surface area (TPSA) is 57.8 Å². The Labute approximate surface area is 146 Å². The number of benzene rings is 1. The number of rotatable bonds is 8. The molecule has 0 saturated heterocycles. The zero-order valence-electron chi connectivity index (χ0n) is 14.5. The van der Waals surface area contributed by atoms with Gasteiger partial charge in [0, 0.05) is 32.2 Å². The van der Waals surface area contributed by atoms with E-state index in [1.54, 1.807) is 22.9 Å². The van der Waals surface area contributed by atoms with Crippen LogP contribution in [0, 0.1) is 12.7 Å². The molecule has 0 fully saturated rings. The van der Waals surface area contributed by atoms with Crippen molar-refractivity contribution in [3.05, 3.63) is 59.7 Å². The third-order valence-corrected chi connectivity index (χ3v) is 3.81. The van der Waals surface area contributed by atoms with Gasteiger partial charge in [0.2, 0.25) is 0 Å². The lowest BCUT2D eigenvalue weighted by molar-refractivity contribution is 0.149. The monoisotopic (exact) mass is 343 g/mol. The number of ether oxygens (including phenoxy) is 1. The van der Waals surface area contributed by atoms with Gasteiger partial charge in [-0.2, -0.15) is 10.2 Å². The fourth-order valence-electron chi connectivity index (χ4n) is 2.59. The molecule has 0 spiro atoms. The molecule has 25 heavy (non-hydrogen) atoms. The van der Waals surface area contributed by atoms with Crippen molar-refractivity contribution < 1.29 is 9.13 Å². The third kappa shape index (κ3) is 4.30. The van der Waals surface area contributed by atoms with Crippen LogP contribution in [-0.2, 0) is 24.1 Å². The van der Waals surface area contributed by atoms with Crippen molar-refractivity contribution in [3.8, 4) is 5.69 Å². The van der Waals surface area contributed by atoms with E-state index in [-0.39, 0.29) is 5.82 Å². The molecule has 1 aromatic carbocycles. The molecule has 0 bridgehead atoms. The van der Waals surface area contributed by atoms with Crippen LogP contribution in [0.5, 0.6) is 0 Å². The Morgan fingerprint density at radius 3 is 2.68 bits per heavy atom. The fourth-order valence-corrected chi connectivity index (χ4v) is 2.59. The zero-order valence-corrected chi connectivity index (χ0v) is 14.5. The SMILES string of the molecule is CCOCCc1nc(CCn2ccc(C)n2)n(-c2ccccc2F)n1. The van der Waals surface area contributed by atoms with Crippen molar-refractivity contribution in [2.24, 2.45) is 0 Å². The third-order valence-electron chi connectivity index (χ3n) is 3.81. The summed E-state index contributed by atoms with van der Waals surface area (Å²) in [5, 5.41) is 8.86. The molecule has 0 atom stereocenters. The molecule has 0 amide bonds. The minimum atomic E-state index is -0.319. The smallest absolute Gasteiger partial charge is 0.153 e. The molecular weight excluding hydrogens is 321 g/mol. The lowest BCUT2D eigenvalue weighted by Gasteiger charge is -2.07. The molecule has 3 rings (SSSR count).